The first-order valence-electron chi connectivity index (χ1n) is 12.8. The maximum Gasteiger partial charge on any atom is 0.159 e. The van der Waals surface area contributed by atoms with Crippen molar-refractivity contribution >= 4 is 11.6 Å². The third-order valence-electron chi connectivity index (χ3n) is 7.38. The van der Waals surface area contributed by atoms with Crippen molar-refractivity contribution in [3.8, 4) is 0 Å². The highest BCUT2D eigenvalue weighted by molar-refractivity contribution is 6.30. The zero-order valence-corrected chi connectivity index (χ0v) is 22.2. The molecule has 1 N–H and O–H groups in total. The summed E-state index contributed by atoms with van der Waals surface area (Å²) < 4.78 is 17.8. The standard InChI is InChI=1S/C34H25ClFN3O/c35-30-18-10-17-29(32(30)36)34(40,28-19-21-37-22-20-28)31-23-38-24-39(31)33(25-11-4-1-5-12-25,26-13-6-2-7-14-26)27-15-8-3-9-16-27/h1-24,40H. The fourth-order valence-corrected chi connectivity index (χ4v) is 5.78. The summed E-state index contributed by atoms with van der Waals surface area (Å²) in [5, 5.41) is 12.7. The van der Waals surface area contributed by atoms with Crippen LogP contribution in [0.15, 0.2) is 146 Å². The molecule has 40 heavy (non-hydrogen) atoms. The van der Waals surface area contributed by atoms with Gasteiger partial charge in [0.05, 0.1) is 23.2 Å². The topological polar surface area (TPSA) is 50.9 Å². The van der Waals surface area contributed by atoms with Gasteiger partial charge in [-0.3, -0.25) is 4.98 Å². The van der Waals surface area contributed by atoms with Gasteiger partial charge in [0.1, 0.15) is 11.4 Å². The highest BCUT2D eigenvalue weighted by Gasteiger charge is 2.46. The first-order chi connectivity index (χ1) is 19.6. The van der Waals surface area contributed by atoms with Crippen molar-refractivity contribution in [3.63, 3.8) is 0 Å². The largest absolute Gasteiger partial charge is 0.374 e. The zero-order valence-electron chi connectivity index (χ0n) is 21.4. The van der Waals surface area contributed by atoms with E-state index in [1.807, 2.05) is 59.2 Å². The molecule has 0 amide bonds. The molecule has 196 valence electrons. The highest BCUT2D eigenvalue weighted by atomic mass is 35.5. The van der Waals surface area contributed by atoms with Gasteiger partial charge in [-0.2, -0.15) is 0 Å². The van der Waals surface area contributed by atoms with Crippen LogP contribution in [0.5, 0.6) is 0 Å². The van der Waals surface area contributed by atoms with Gasteiger partial charge in [-0.1, -0.05) is 115 Å². The molecule has 2 aromatic heterocycles. The molecule has 0 saturated carbocycles. The minimum absolute atomic E-state index is 0.0102. The van der Waals surface area contributed by atoms with Crippen molar-refractivity contribution in [1.82, 2.24) is 14.5 Å². The lowest BCUT2D eigenvalue weighted by atomic mass is 9.75. The molecule has 0 aliphatic rings. The van der Waals surface area contributed by atoms with Gasteiger partial charge in [-0.05, 0) is 40.5 Å². The van der Waals surface area contributed by atoms with E-state index in [1.54, 1.807) is 49.2 Å². The molecule has 6 heteroatoms. The van der Waals surface area contributed by atoms with Crippen LogP contribution in [0.25, 0.3) is 0 Å². The maximum absolute atomic E-state index is 15.8. The summed E-state index contributed by atoms with van der Waals surface area (Å²) >= 11 is 6.27. The summed E-state index contributed by atoms with van der Waals surface area (Å²) in [6, 6.07) is 38.1. The molecule has 4 aromatic carbocycles. The third-order valence-corrected chi connectivity index (χ3v) is 7.68. The summed E-state index contributed by atoms with van der Waals surface area (Å²) in [6.07, 6.45) is 6.42. The molecule has 1 unspecified atom stereocenters. The van der Waals surface area contributed by atoms with Crippen molar-refractivity contribution in [2.24, 2.45) is 0 Å². The van der Waals surface area contributed by atoms with Gasteiger partial charge in [0, 0.05) is 18.0 Å². The Hall–Kier alpha value is -4.58. The van der Waals surface area contributed by atoms with E-state index in [1.165, 1.54) is 6.07 Å². The molecule has 0 bridgehead atoms. The molecule has 1 atom stereocenters. The molecule has 0 saturated heterocycles. The molecule has 0 radical (unpaired) electrons. The Balaban J connectivity index is 1.77. The number of aliphatic hydroxyl groups is 1. The van der Waals surface area contributed by atoms with Gasteiger partial charge in [-0.25, -0.2) is 9.37 Å². The summed E-state index contributed by atoms with van der Waals surface area (Å²) in [6.45, 7) is 0. The second kappa shape index (κ2) is 10.5. The fourth-order valence-electron chi connectivity index (χ4n) is 5.60. The fraction of sp³-hybridized carbons (Fsp3) is 0.0588. The quantitative estimate of drug-likeness (QED) is 0.216. The van der Waals surface area contributed by atoms with Crippen molar-refractivity contribution in [1.29, 1.82) is 0 Å². The lowest BCUT2D eigenvalue weighted by Crippen LogP contribution is -2.43. The summed E-state index contributed by atoms with van der Waals surface area (Å²) in [5.41, 5.74) is 0.658. The predicted octanol–water partition coefficient (Wildman–Crippen LogP) is 7.20. The van der Waals surface area contributed by atoms with Gasteiger partial charge in [0.25, 0.3) is 0 Å². The Morgan fingerprint density at radius 1 is 0.625 bits per heavy atom. The zero-order chi connectivity index (χ0) is 27.6. The Morgan fingerprint density at radius 3 is 1.68 bits per heavy atom. The summed E-state index contributed by atoms with van der Waals surface area (Å²) in [4.78, 5) is 8.70. The molecule has 0 fully saturated rings. The maximum atomic E-state index is 15.8. The van der Waals surface area contributed by atoms with Crippen molar-refractivity contribution in [2.45, 2.75) is 11.1 Å². The number of halogens is 2. The predicted molar refractivity (Wildman–Crippen MR) is 155 cm³/mol. The number of nitrogens with zero attached hydrogens (tertiary/aromatic N) is 3. The van der Waals surface area contributed by atoms with Gasteiger partial charge in [-0.15, -0.1) is 0 Å². The Kier molecular flexibility index (Phi) is 6.76. The molecule has 0 aliphatic carbocycles. The minimum atomic E-state index is -1.97. The van der Waals surface area contributed by atoms with Crippen LogP contribution in [0.3, 0.4) is 0 Å². The molecule has 0 aliphatic heterocycles. The lowest BCUT2D eigenvalue weighted by molar-refractivity contribution is 0.109. The molecule has 4 nitrogen and oxygen atoms in total. The Morgan fingerprint density at radius 2 is 1.15 bits per heavy atom. The molecule has 6 aromatic rings. The number of imidazole rings is 1. The number of pyridine rings is 1. The Labute approximate surface area is 237 Å². The number of hydrogen-bond donors (Lipinski definition) is 1. The number of benzene rings is 4. The molecule has 0 spiro atoms. The first kappa shape index (κ1) is 25.7. The summed E-state index contributed by atoms with van der Waals surface area (Å²) in [7, 11) is 0. The van der Waals surface area contributed by atoms with Crippen LogP contribution in [-0.2, 0) is 11.1 Å². The first-order valence-corrected chi connectivity index (χ1v) is 13.2. The van der Waals surface area contributed by atoms with E-state index in [9.17, 15) is 5.11 Å². The van der Waals surface area contributed by atoms with E-state index in [0.29, 0.717) is 11.3 Å². The van der Waals surface area contributed by atoms with Crippen LogP contribution in [0.1, 0.15) is 33.5 Å². The van der Waals surface area contributed by atoms with E-state index < -0.39 is 17.0 Å². The molecule has 2 heterocycles. The summed E-state index contributed by atoms with van der Waals surface area (Å²) in [5.74, 6) is -0.707. The minimum Gasteiger partial charge on any atom is -0.374 e. The van der Waals surface area contributed by atoms with Crippen LogP contribution >= 0.6 is 11.6 Å². The second-order valence-electron chi connectivity index (χ2n) is 9.51. The van der Waals surface area contributed by atoms with E-state index in [2.05, 4.69) is 46.4 Å². The van der Waals surface area contributed by atoms with E-state index in [4.69, 9.17) is 11.6 Å². The van der Waals surface area contributed by atoms with Gasteiger partial charge in [0.15, 0.2) is 5.60 Å². The van der Waals surface area contributed by atoms with Crippen molar-refractivity contribution < 1.29 is 9.50 Å². The highest BCUT2D eigenvalue weighted by Crippen LogP contribution is 2.46. The van der Waals surface area contributed by atoms with Crippen molar-refractivity contribution in [2.75, 3.05) is 0 Å². The van der Waals surface area contributed by atoms with Crippen LogP contribution in [0.2, 0.25) is 5.02 Å². The average molecular weight is 546 g/mol. The van der Waals surface area contributed by atoms with Crippen LogP contribution in [0.4, 0.5) is 4.39 Å². The second-order valence-corrected chi connectivity index (χ2v) is 9.91. The molecular weight excluding hydrogens is 521 g/mol. The SMILES string of the molecule is OC(c1ccncc1)(c1cccc(Cl)c1F)c1cncn1C(c1ccccc1)(c1ccccc1)c1ccccc1. The number of hydrogen-bond acceptors (Lipinski definition) is 3. The van der Waals surface area contributed by atoms with Crippen molar-refractivity contribution in [3.05, 3.63) is 191 Å². The van der Waals surface area contributed by atoms with Gasteiger partial charge < -0.3 is 9.67 Å². The monoisotopic (exact) mass is 545 g/mol. The number of aromatic nitrogens is 3. The smallest absolute Gasteiger partial charge is 0.159 e. The molecular formula is C34H25ClFN3O. The average Bonchev–Trinajstić information content (AvgIpc) is 3.52. The van der Waals surface area contributed by atoms with E-state index in [0.717, 1.165) is 16.7 Å². The molecule has 6 rings (SSSR count). The van der Waals surface area contributed by atoms with E-state index >= 15 is 4.39 Å². The van der Waals surface area contributed by atoms with Crippen LogP contribution in [-0.4, -0.2) is 19.6 Å². The van der Waals surface area contributed by atoms with Crippen LogP contribution < -0.4 is 0 Å². The van der Waals surface area contributed by atoms with E-state index in [-0.39, 0.29) is 10.6 Å². The number of rotatable bonds is 7. The normalized spacial score (nSPS) is 13.1. The Bertz CT molecular complexity index is 1630. The third kappa shape index (κ3) is 4.02. The lowest BCUT2D eigenvalue weighted by Gasteiger charge is -2.41. The van der Waals surface area contributed by atoms with Gasteiger partial charge >= 0.3 is 0 Å². The van der Waals surface area contributed by atoms with Gasteiger partial charge in [0.2, 0.25) is 0 Å². The van der Waals surface area contributed by atoms with Crippen LogP contribution in [0, 0.1) is 5.82 Å².